The van der Waals surface area contributed by atoms with Crippen LogP contribution in [0.15, 0.2) is 24.4 Å². The third-order valence-corrected chi connectivity index (χ3v) is 2.99. The summed E-state index contributed by atoms with van der Waals surface area (Å²) in [6.07, 6.45) is 2.04. The average Bonchev–Trinajstić information content (AvgIpc) is 2.54. The first-order chi connectivity index (χ1) is 8.11. The summed E-state index contributed by atoms with van der Waals surface area (Å²) in [5.41, 5.74) is 10.3. The summed E-state index contributed by atoms with van der Waals surface area (Å²) in [5.74, 6) is 0. The average molecular weight is 232 g/mol. The molecule has 4 nitrogen and oxygen atoms in total. The second kappa shape index (κ2) is 4.67. The molecular weight excluding hydrogens is 212 g/mol. The standard InChI is InChI=1S/C13H20N4/c1-10-13(15-7-9-16(2)3)12(14)11-6-4-5-8-17(10)11/h4-6,8,15H,7,9,14H2,1-3H3. The summed E-state index contributed by atoms with van der Waals surface area (Å²) in [4.78, 5) is 2.15. The molecule has 0 radical (unpaired) electrons. The van der Waals surface area contributed by atoms with Crippen molar-refractivity contribution in [3.63, 3.8) is 0 Å². The predicted octanol–water partition coefficient (Wildman–Crippen LogP) is 1.80. The molecule has 0 amide bonds. The summed E-state index contributed by atoms with van der Waals surface area (Å²) in [7, 11) is 4.13. The number of aromatic nitrogens is 1. The maximum absolute atomic E-state index is 6.16. The Morgan fingerprint density at radius 3 is 2.76 bits per heavy atom. The Bertz CT molecular complexity index is 474. The lowest BCUT2D eigenvalue weighted by molar-refractivity contribution is 0.425. The van der Waals surface area contributed by atoms with Gasteiger partial charge in [-0.1, -0.05) is 6.07 Å². The van der Waals surface area contributed by atoms with Crippen molar-refractivity contribution in [1.82, 2.24) is 9.30 Å². The van der Waals surface area contributed by atoms with E-state index in [4.69, 9.17) is 5.73 Å². The van der Waals surface area contributed by atoms with E-state index in [0.29, 0.717) is 0 Å². The SMILES string of the molecule is Cc1c(NCCN(C)C)c(N)c2ccccn12. The second-order valence-corrected chi connectivity index (χ2v) is 4.56. The van der Waals surface area contributed by atoms with Crippen LogP contribution < -0.4 is 11.1 Å². The number of rotatable bonds is 4. The lowest BCUT2D eigenvalue weighted by atomic mass is 10.3. The van der Waals surface area contributed by atoms with E-state index in [1.54, 1.807) is 0 Å². The van der Waals surface area contributed by atoms with Gasteiger partial charge in [0.05, 0.1) is 16.9 Å². The Morgan fingerprint density at radius 1 is 1.35 bits per heavy atom. The molecule has 0 atom stereocenters. The highest BCUT2D eigenvalue weighted by Crippen LogP contribution is 2.30. The van der Waals surface area contributed by atoms with Crippen LogP contribution in [0.3, 0.4) is 0 Å². The minimum absolute atomic E-state index is 0.835. The van der Waals surface area contributed by atoms with Crippen LogP contribution in [0.1, 0.15) is 5.69 Å². The van der Waals surface area contributed by atoms with Gasteiger partial charge in [-0.2, -0.15) is 0 Å². The number of nitrogens with zero attached hydrogens (tertiary/aromatic N) is 2. The minimum atomic E-state index is 0.835. The van der Waals surface area contributed by atoms with Gasteiger partial charge in [0.25, 0.3) is 0 Å². The number of hydrogen-bond acceptors (Lipinski definition) is 3. The van der Waals surface area contributed by atoms with Crippen LogP contribution in [0.5, 0.6) is 0 Å². The van der Waals surface area contributed by atoms with Crippen molar-refractivity contribution in [3.8, 4) is 0 Å². The molecule has 4 heteroatoms. The van der Waals surface area contributed by atoms with E-state index in [1.807, 2.05) is 24.4 Å². The molecule has 0 aromatic carbocycles. The van der Waals surface area contributed by atoms with Crippen LogP contribution in [-0.2, 0) is 0 Å². The van der Waals surface area contributed by atoms with Crippen LogP contribution in [0, 0.1) is 6.92 Å². The molecule has 0 aliphatic carbocycles. The molecule has 0 aliphatic rings. The smallest absolute Gasteiger partial charge is 0.0812 e. The van der Waals surface area contributed by atoms with Crippen LogP contribution in [0.2, 0.25) is 0 Å². The first kappa shape index (κ1) is 11.8. The summed E-state index contributed by atoms with van der Waals surface area (Å²) < 4.78 is 2.12. The molecule has 3 N–H and O–H groups in total. The first-order valence-corrected chi connectivity index (χ1v) is 5.85. The Hall–Kier alpha value is -1.68. The number of nitrogen functional groups attached to an aromatic ring is 1. The van der Waals surface area contributed by atoms with Crippen LogP contribution in [-0.4, -0.2) is 36.5 Å². The fourth-order valence-corrected chi connectivity index (χ4v) is 2.03. The highest BCUT2D eigenvalue weighted by molar-refractivity contribution is 5.86. The van der Waals surface area contributed by atoms with E-state index in [2.05, 4.69) is 35.6 Å². The monoisotopic (exact) mass is 232 g/mol. The molecule has 17 heavy (non-hydrogen) atoms. The van der Waals surface area contributed by atoms with Crippen molar-refractivity contribution in [2.75, 3.05) is 38.2 Å². The number of pyridine rings is 1. The molecule has 0 spiro atoms. The maximum Gasteiger partial charge on any atom is 0.0812 e. The highest BCUT2D eigenvalue weighted by atomic mass is 15.1. The van der Waals surface area contributed by atoms with Gasteiger partial charge < -0.3 is 20.4 Å². The number of fused-ring (bicyclic) bond motifs is 1. The highest BCUT2D eigenvalue weighted by Gasteiger charge is 2.11. The van der Waals surface area contributed by atoms with Gasteiger partial charge in [0, 0.05) is 25.0 Å². The number of nitrogens with one attached hydrogen (secondary N) is 1. The summed E-state index contributed by atoms with van der Waals surface area (Å²) in [5, 5.41) is 3.41. The zero-order valence-electron chi connectivity index (χ0n) is 10.7. The Balaban J connectivity index is 2.28. The zero-order chi connectivity index (χ0) is 12.4. The van der Waals surface area contributed by atoms with E-state index in [1.165, 1.54) is 0 Å². The van der Waals surface area contributed by atoms with Crippen molar-refractivity contribution in [1.29, 1.82) is 0 Å². The lowest BCUT2D eigenvalue weighted by Crippen LogP contribution is -2.21. The molecular formula is C13H20N4. The van der Waals surface area contributed by atoms with Crippen LogP contribution in [0.25, 0.3) is 5.52 Å². The second-order valence-electron chi connectivity index (χ2n) is 4.56. The predicted molar refractivity (Wildman–Crippen MR) is 73.6 cm³/mol. The van der Waals surface area contributed by atoms with Gasteiger partial charge in [-0.25, -0.2) is 0 Å². The molecule has 0 bridgehead atoms. The van der Waals surface area contributed by atoms with Gasteiger partial charge >= 0.3 is 0 Å². The van der Waals surface area contributed by atoms with Gasteiger partial charge in [0.2, 0.25) is 0 Å². The normalized spacial score (nSPS) is 11.3. The number of anilines is 2. The number of nitrogens with two attached hydrogens (primary N) is 1. The van der Waals surface area contributed by atoms with Crippen molar-refractivity contribution in [3.05, 3.63) is 30.1 Å². The van der Waals surface area contributed by atoms with Crippen molar-refractivity contribution in [2.24, 2.45) is 0 Å². The van der Waals surface area contributed by atoms with E-state index in [9.17, 15) is 0 Å². The lowest BCUT2D eigenvalue weighted by Gasteiger charge is -2.11. The summed E-state index contributed by atoms with van der Waals surface area (Å²) in [6.45, 7) is 3.97. The van der Waals surface area contributed by atoms with Gasteiger partial charge in [-0.15, -0.1) is 0 Å². The first-order valence-electron chi connectivity index (χ1n) is 5.85. The molecule has 2 rings (SSSR count). The van der Waals surface area contributed by atoms with Crippen molar-refractivity contribution >= 4 is 16.9 Å². The largest absolute Gasteiger partial charge is 0.395 e. The Kier molecular flexibility index (Phi) is 3.24. The van der Waals surface area contributed by atoms with Gasteiger partial charge in [-0.05, 0) is 33.2 Å². The van der Waals surface area contributed by atoms with Crippen molar-refractivity contribution in [2.45, 2.75) is 6.92 Å². The third kappa shape index (κ3) is 2.22. The molecule has 0 aliphatic heterocycles. The number of hydrogen-bond donors (Lipinski definition) is 2. The van der Waals surface area contributed by atoms with Crippen molar-refractivity contribution < 1.29 is 0 Å². The van der Waals surface area contributed by atoms with E-state index in [-0.39, 0.29) is 0 Å². The summed E-state index contributed by atoms with van der Waals surface area (Å²) in [6, 6.07) is 6.07. The molecule has 92 valence electrons. The zero-order valence-corrected chi connectivity index (χ0v) is 10.7. The Morgan fingerprint density at radius 2 is 2.12 bits per heavy atom. The van der Waals surface area contributed by atoms with Gasteiger partial charge in [-0.3, -0.25) is 0 Å². The van der Waals surface area contributed by atoms with E-state index < -0.39 is 0 Å². The molecule has 0 saturated heterocycles. The van der Waals surface area contributed by atoms with Crippen LogP contribution >= 0.6 is 0 Å². The Labute approximate surface area is 102 Å². The maximum atomic E-state index is 6.16. The van der Waals surface area contributed by atoms with Crippen LogP contribution in [0.4, 0.5) is 11.4 Å². The summed E-state index contributed by atoms with van der Waals surface area (Å²) >= 11 is 0. The quantitative estimate of drug-likeness (QED) is 0.845. The molecule has 0 saturated carbocycles. The third-order valence-electron chi connectivity index (χ3n) is 2.99. The number of aryl methyl sites for hydroxylation is 1. The van der Waals surface area contributed by atoms with Gasteiger partial charge in [0.1, 0.15) is 0 Å². The molecule has 2 aromatic rings. The fourth-order valence-electron chi connectivity index (χ4n) is 2.03. The fraction of sp³-hybridized carbons (Fsp3) is 0.385. The minimum Gasteiger partial charge on any atom is -0.395 e. The van der Waals surface area contributed by atoms with E-state index >= 15 is 0 Å². The topological polar surface area (TPSA) is 45.7 Å². The van der Waals surface area contributed by atoms with Gasteiger partial charge in [0.15, 0.2) is 0 Å². The molecule has 2 aromatic heterocycles. The molecule has 0 fully saturated rings. The van der Waals surface area contributed by atoms with E-state index in [0.717, 1.165) is 35.7 Å². The number of likely N-dealkylation sites (N-methyl/N-ethyl adjacent to an activating group) is 1. The molecule has 2 heterocycles. The molecule has 0 unspecified atom stereocenters.